The van der Waals surface area contributed by atoms with Crippen molar-refractivity contribution in [2.75, 3.05) is 26.2 Å². The van der Waals surface area contributed by atoms with Crippen molar-refractivity contribution in [2.24, 2.45) is 0 Å². The van der Waals surface area contributed by atoms with E-state index >= 15 is 0 Å². The van der Waals surface area contributed by atoms with E-state index in [0.717, 1.165) is 4.47 Å². The van der Waals surface area contributed by atoms with E-state index in [0.29, 0.717) is 23.9 Å². The Morgan fingerprint density at radius 2 is 2.32 bits per heavy atom. The van der Waals surface area contributed by atoms with Gasteiger partial charge in [-0.05, 0) is 34.1 Å². The van der Waals surface area contributed by atoms with Crippen LogP contribution in [0.2, 0.25) is 5.02 Å². The standard InChI is InChI=1S/C13H13BrClNO3/c1-2-5-16(9-13(17)18)6-7-19-12-4-3-10(15)8-11(12)14/h1,3-4,8H,5-7,9H2,(H,17,18). The lowest BCUT2D eigenvalue weighted by atomic mass is 10.3. The number of rotatable bonds is 7. The van der Waals surface area contributed by atoms with Gasteiger partial charge >= 0.3 is 5.97 Å². The normalized spacial score (nSPS) is 10.2. The molecule has 0 amide bonds. The van der Waals surface area contributed by atoms with Crippen LogP contribution in [0.1, 0.15) is 0 Å². The lowest BCUT2D eigenvalue weighted by Crippen LogP contribution is -2.33. The molecule has 0 aliphatic heterocycles. The molecule has 0 fully saturated rings. The highest BCUT2D eigenvalue weighted by atomic mass is 79.9. The molecule has 1 aromatic rings. The van der Waals surface area contributed by atoms with Gasteiger partial charge in [0, 0.05) is 11.6 Å². The van der Waals surface area contributed by atoms with Gasteiger partial charge in [0.15, 0.2) is 0 Å². The molecule has 0 spiro atoms. The Kier molecular flexibility index (Phi) is 6.71. The summed E-state index contributed by atoms with van der Waals surface area (Å²) in [4.78, 5) is 12.3. The zero-order chi connectivity index (χ0) is 14.3. The van der Waals surface area contributed by atoms with Gasteiger partial charge in [0.25, 0.3) is 0 Å². The third-order valence-corrected chi connectivity index (χ3v) is 3.09. The molecule has 0 aromatic heterocycles. The molecule has 0 aliphatic carbocycles. The van der Waals surface area contributed by atoms with Crippen LogP contribution in [-0.2, 0) is 4.79 Å². The van der Waals surface area contributed by atoms with Crippen LogP contribution in [-0.4, -0.2) is 42.2 Å². The van der Waals surface area contributed by atoms with Gasteiger partial charge in [-0.3, -0.25) is 9.69 Å². The first-order valence-electron chi connectivity index (χ1n) is 5.48. The maximum Gasteiger partial charge on any atom is 0.317 e. The Labute approximate surface area is 125 Å². The van der Waals surface area contributed by atoms with Crippen LogP contribution < -0.4 is 4.74 Å². The molecule has 1 N–H and O–H groups in total. The van der Waals surface area contributed by atoms with Crippen molar-refractivity contribution in [1.29, 1.82) is 0 Å². The minimum Gasteiger partial charge on any atom is -0.491 e. The van der Waals surface area contributed by atoms with Crippen LogP contribution in [0, 0.1) is 12.3 Å². The minimum absolute atomic E-state index is 0.102. The van der Waals surface area contributed by atoms with Crippen LogP contribution in [0.5, 0.6) is 5.75 Å². The van der Waals surface area contributed by atoms with E-state index in [1.807, 2.05) is 0 Å². The molecular weight excluding hydrogens is 334 g/mol. The average Bonchev–Trinajstić information content (AvgIpc) is 2.31. The summed E-state index contributed by atoms with van der Waals surface area (Å²) in [6.45, 7) is 0.952. The van der Waals surface area contributed by atoms with Gasteiger partial charge in [-0.25, -0.2) is 0 Å². The smallest absolute Gasteiger partial charge is 0.317 e. The highest BCUT2D eigenvalue weighted by Crippen LogP contribution is 2.27. The summed E-state index contributed by atoms with van der Waals surface area (Å²) in [6.07, 6.45) is 5.18. The Bertz CT molecular complexity index is 487. The van der Waals surface area contributed by atoms with Crippen LogP contribution in [0.4, 0.5) is 0 Å². The maximum atomic E-state index is 10.6. The molecule has 1 aromatic carbocycles. The molecule has 0 saturated carbocycles. The summed E-state index contributed by atoms with van der Waals surface area (Å²) in [7, 11) is 0. The summed E-state index contributed by atoms with van der Waals surface area (Å²) in [5.74, 6) is 2.16. The van der Waals surface area contributed by atoms with Crippen LogP contribution in [0.15, 0.2) is 22.7 Å². The quantitative estimate of drug-likeness (QED) is 0.771. The maximum absolute atomic E-state index is 10.6. The van der Waals surface area contributed by atoms with E-state index in [9.17, 15) is 4.79 Å². The number of nitrogens with zero attached hydrogens (tertiary/aromatic N) is 1. The molecule has 1 rings (SSSR count). The second-order valence-electron chi connectivity index (χ2n) is 3.73. The zero-order valence-corrected chi connectivity index (χ0v) is 12.4. The fourth-order valence-corrected chi connectivity index (χ4v) is 2.21. The van der Waals surface area contributed by atoms with Gasteiger partial charge < -0.3 is 9.84 Å². The predicted octanol–water partition coefficient (Wildman–Crippen LogP) is 2.50. The fourth-order valence-electron chi connectivity index (χ4n) is 1.41. The van der Waals surface area contributed by atoms with E-state index in [4.69, 9.17) is 27.9 Å². The number of benzene rings is 1. The molecule has 0 atom stereocenters. The van der Waals surface area contributed by atoms with Gasteiger partial charge in [0.1, 0.15) is 12.4 Å². The molecule has 0 aliphatic rings. The van der Waals surface area contributed by atoms with Crippen molar-refractivity contribution in [3.05, 3.63) is 27.7 Å². The molecule has 102 valence electrons. The van der Waals surface area contributed by atoms with E-state index in [1.54, 1.807) is 23.1 Å². The number of carboxylic acids is 1. The number of hydrogen-bond donors (Lipinski definition) is 1. The molecule has 0 radical (unpaired) electrons. The van der Waals surface area contributed by atoms with Crippen LogP contribution in [0.25, 0.3) is 0 Å². The molecule has 6 heteroatoms. The first-order chi connectivity index (χ1) is 9.02. The van der Waals surface area contributed by atoms with E-state index in [2.05, 4.69) is 21.9 Å². The van der Waals surface area contributed by atoms with Gasteiger partial charge in [0.2, 0.25) is 0 Å². The predicted molar refractivity (Wildman–Crippen MR) is 77.6 cm³/mol. The van der Waals surface area contributed by atoms with Crippen molar-refractivity contribution in [1.82, 2.24) is 4.90 Å². The summed E-state index contributed by atoms with van der Waals surface area (Å²) in [5.41, 5.74) is 0. The van der Waals surface area contributed by atoms with Crippen molar-refractivity contribution < 1.29 is 14.6 Å². The second-order valence-corrected chi connectivity index (χ2v) is 5.02. The van der Waals surface area contributed by atoms with Crippen molar-refractivity contribution in [3.63, 3.8) is 0 Å². The van der Waals surface area contributed by atoms with Gasteiger partial charge in [-0.15, -0.1) is 6.42 Å². The molecule has 0 saturated heterocycles. The van der Waals surface area contributed by atoms with Crippen LogP contribution >= 0.6 is 27.5 Å². The molecule has 19 heavy (non-hydrogen) atoms. The monoisotopic (exact) mass is 345 g/mol. The molecule has 0 bridgehead atoms. The van der Waals surface area contributed by atoms with E-state index in [-0.39, 0.29) is 13.1 Å². The fraction of sp³-hybridized carbons (Fsp3) is 0.308. The number of hydrogen-bond acceptors (Lipinski definition) is 3. The topological polar surface area (TPSA) is 49.8 Å². The third-order valence-electron chi connectivity index (χ3n) is 2.23. The van der Waals surface area contributed by atoms with Gasteiger partial charge in [0.05, 0.1) is 17.6 Å². The van der Waals surface area contributed by atoms with Crippen molar-refractivity contribution in [3.8, 4) is 18.1 Å². The molecular formula is C13H13BrClNO3. The Morgan fingerprint density at radius 1 is 1.58 bits per heavy atom. The van der Waals surface area contributed by atoms with Gasteiger partial charge in [-0.2, -0.15) is 0 Å². The second kappa shape index (κ2) is 8.05. The Balaban J connectivity index is 2.47. The lowest BCUT2D eigenvalue weighted by molar-refractivity contribution is -0.138. The van der Waals surface area contributed by atoms with Crippen molar-refractivity contribution in [2.45, 2.75) is 0 Å². The Morgan fingerprint density at radius 3 is 2.89 bits per heavy atom. The first-order valence-corrected chi connectivity index (χ1v) is 6.65. The largest absolute Gasteiger partial charge is 0.491 e. The number of carboxylic acid groups (broad SMARTS) is 1. The minimum atomic E-state index is -0.914. The number of halogens is 2. The summed E-state index contributed by atoms with van der Waals surface area (Å²) in [6, 6.07) is 5.20. The average molecular weight is 347 g/mol. The van der Waals surface area contributed by atoms with Crippen LogP contribution in [0.3, 0.4) is 0 Å². The van der Waals surface area contributed by atoms with E-state index in [1.165, 1.54) is 0 Å². The Hall–Kier alpha value is -1.22. The zero-order valence-electron chi connectivity index (χ0n) is 10.1. The highest BCUT2D eigenvalue weighted by Gasteiger charge is 2.09. The number of aliphatic carboxylic acids is 1. The number of ether oxygens (including phenoxy) is 1. The summed E-state index contributed by atoms with van der Waals surface area (Å²) in [5, 5.41) is 9.34. The van der Waals surface area contributed by atoms with Crippen molar-refractivity contribution >= 4 is 33.5 Å². The third kappa shape index (κ3) is 5.97. The number of terminal acetylenes is 1. The van der Waals surface area contributed by atoms with Gasteiger partial charge in [-0.1, -0.05) is 17.5 Å². The molecule has 0 unspecified atom stereocenters. The molecule has 0 heterocycles. The lowest BCUT2D eigenvalue weighted by Gasteiger charge is -2.17. The summed E-state index contributed by atoms with van der Waals surface area (Å²) < 4.78 is 6.29. The number of carbonyl (C=O) groups is 1. The molecule has 4 nitrogen and oxygen atoms in total. The highest BCUT2D eigenvalue weighted by molar-refractivity contribution is 9.10. The SMILES string of the molecule is C#CCN(CCOc1ccc(Cl)cc1Br)CC(=O)O. The summed E-state index contributed by atoms with van der Waals surface area (Å²) >= 11 is 9.15. The first kappa shape index (κ1) is 15.8. The van der Waals surface area contributed by atoms with E-state index < -0.39 is 5.97 Å².